The maximum atomic E-state index is 11.9. The highest BCUT2D eigenvalue weighted by atomic mass is 32.1. The largest absolute Gasteiger partial charge is 0.442 e. The Kier molecular flexibility index (Phi) is 3.62. The van der Waals surface area contributed by atoms with Crippen molar-refractivity contribution in [3.8, 4) is 5.75 Å². The number of ether oxygens (including phenoxy) is 1. The van der Waals surface area contributed by atoms with Crippen molar-refractivity contribution < 1.29 is 9.53 Å². The van der Waals surface area contributed by atoms with Crippen LogP contribution in [-0.2, 0) is 0 Å². The first-order valence-corrected chi connectivity index (χ1v) is 5.55. The minimum atomic E-state index is -0.274. The average Bonchev–Trinajstić information content (AvgIpc) is 2.40. The maximum Gasteiger partial charge on any atom is 0.239 e. The van der Waals surface area contributed by atoms with E-state index in [-0.39, 0.29) is 10.8 Å². The summed E-state index contributed by atoms with van der Waals surface area (Å²) in [6.07, 6.45) is 0. The van der Waals surface area contributed by atoms with E-state index >= 15 is 0 Å². The number of Topliss-reactive ketones (excluding diaryl/α,β-unsaturated/α-hetero) is 1. The number of benzene rings is 2. The summed E-state index contributed by atoms with van der Waals surface area (Å²) in [5.41, 5.74) is 0.536. The van der Waals surface area contributed by atoms with Gasteiger partial charge in [0, 0.05) is 5.56 Å². The van der Waals surface area contributed by atoms with Gasteiger partial charge in [0.05, 0.1) is 0 Å². The van der Waals surface area contributed by atoms with Crippen molar-refractivity contribution in [1.29, 1.82) is 0 Å². The Labute approximate surface area is 105 Å². The summed E-state index contributed by atoms with van der Waals surface area (Å²) < 4.78 is 5.31. The standard InChI is InChI=1S/C14H10O2S/c15-13(11-7-3-1-4-8-11)14(17)16-12-9-5-2-6-10-12/h1-10H. The van der Waals surface area contributed by atoms with E-state index in [9.17, 15) is 4.79 Å². The molecular formula is C14H10O2S. The molecule has 3 heteroatoms. The van der Waals surface area contributed by atoms with Gasteiger partial charge in [0.1, 0.15) is 5.75 Å². The number of thiocarbonyl (C=S) groups is 1. The smallest absolute Gasteiger partial charge is 0.239 e. The maximum absolute atomic E-state index is 11.9. The summed E-state index contributed by atoms with van der Waals surface area (Å²) in [6.45, 7) is 0. The minimum absolute atomic E-state index is 0.0394. The van der Waals surface area contributed by atoms with Crippen molar-refractivity contribution in [2.24, 2.45) is 0 Å². The van der Waals surface area contributed by atoms with Gasteiger partial charge in [0.25, 0.3) is 0 Å². The molecule has 2 aromatic carbocycles. The lowest BCUT2D eigenvalue weighted by Crippen LogP contribution is -2.18. The van der Waals surface area contributed by atoms with Gasteiger partial charge >= 0.3 is 0 Å². The SMILES string of the molecule is O=C(C(=S)Oc1ccccc1)c1ccccc1. The third-order valence-corrected chi connectivity index (χ3v) is 2.44. The van der Waals surface area contributed by atoms with Gasteiger partial charge in [0.2, 0.25) is 10.8 Å². The van der Waals surface area contributed by atoms with Crippen molar-refractivity contribution in [2.45, 2.75) is 0 Å². The van der Waals surface area contributed by atoms with Crippen LogP contribution in [0.1, 0.15) is 10.4 Å². The van der Waals surface area contributed by atoms with Gasteiger partial charge < -0.3 is 4.74 Å². The zero-order valence-corrected chi connectivity index (χ0v) is 9.81. The van der Waals surface area contributed by atoms with E-state index in [0.717, 1.165) is 0 Å². The normalized spacial score (nSPS) is 9.65. The van der Waals surface area contributed by atoms with E-state index in [1.54, 1.807) is 36.4 Å². The average molecular weight is 242 g/mol. The van der Waals surface area contributed by atoms with E-state index in [0.29, 0.717) is 11.3 Å². The summed E-state index contributed by atoms with van der Waals surface area (Å²) in [6, 6.07) is 17.9. The lowest BCUT2D eigenvalue weighted by molar-refractivity contribution is 0.105. The first-order valence-electron chi connectivity index (χ1n) is 5.14. The number of carbonyl (C=O) groups is 1. The summed E-state index contributed by atoms with van der Waals surface area (Å²) in [5.74, 6) is 0.297. The number of hydrogen-bond donors (Lipinski definition) is 0. The van der Waals surface area contributed by atoms with Gasteiger partial charge in [0.15, 0.2) is 0 Å². The minimum Gasteiger partial charge on any atom is -0.442 e. The van der Waals surface area contributed by atoms with Crippen molar-refractivity contribution in [3.63, 3.8) is 0 Å². The summed E-state index contributed by atoms with van der Waals surface area (Å²) in [4.78, 5) is 11.9. The predicted molar refractivity (Wildman–Crippen MR) is 70.4 cm³/mol. The number of carbonyl (C=O) groups excluding carboxylic acids is 1. The number of rotatable bonds is 3. The highest BCUT2D eigenvalue weighted by Crippen LogP contribution is 2.11. The van der Waals surface area contributed by atoms with Crippen molar-refractivity contribution >= 4 is 23.1 Å². The van der Waals surface area contributed by atoms with Gasteiger partial charge in [-0.25, -0.2) is 0 Å². The molecule has 0 heterocycles. The van der Waals surface area contributed by atoms with Gasteiger partial charge in [-0.2, -0.15) is 0 Å². The van der Waals surface area contributed by atoms with Crippen LogP contribution in [0.15, 0.2) is 60.7 Å². The fourth-order valence-electron chi connectivity index (χ4n) is 1.35. The predicted octanol–water partition coefficient (Wildman–Crippen LogP) is 3.28. The quantitative estimate of drug-likeness (QED) is 0.610. The zero-order chi connectivity index (χ0) is 12.1. The molecule has 0 aromatic heterocycles. The highest BCUT2D eigenvalue weighted by molar-refractivity contribution is 7.81. The van der Waals surface area contributed by atoms with Crippen molar-refractivity contribution in [1.82, 2.24) is 0 Å². The van der Waals surface area contributed by atoms with E-state index in [1.165, 1.54) is 0 Å². The van der Waals surface area contributed by atoms with E-state index in [1.807, 2.05) is 24.3 Å². The first kappa shape index (κ1) is 11.5. The summed E-state index contributed by atoms with van der Waals surface area (Å²) >= 11 is 4.97. The van der Waals surface area contributed by atoms with Crippen LogP contribution in [0.25, 0.3) is 0 Å². The van der Waals surface area contributed by atoms with E-state index in [4.69, 9.17) is 17.0 Å². The Morgan fingerprint density at radius 3 is 2.00 bits per heavy atom. The van der Waals surface area contributed by atoms with Crippen LogP contribution in [-0.4, -0.2) is 10.8 Å². The second-order valence-electron chi connectivity index (χ2n) is 3.40. The second kappa shape index (κ2) is 5.37. The molecule has 0 spiro atoms. The monoisotopic (exact) mass is 242 g/mol. The molecule has 17 heavy (non-hydrogen) atoms. The summed E-state index contributed by atoms with van der Waals surface area (Å²) in [7, 11) is 0. The molecular weight excluding hydrogens is 232 g/mol. The first-order chi connectivity index (χ1) is 8.27. The molecule has 84 valence electrons. The molecule has 0 saturated carbocycles. The molecule has 2 rings (SSSR count). The van der Waals surface area contributed by atoms with Crippen LogP contribution < -0.4 is 4.74 Å². The molecule has 0 atom stereocenters. The van der Waals surface area contributed by atoms with E-state index < -0.39 is 0 Å². The fraction of sp³-hybridized carbons (Fsp3) is 0. The molecule has 0 unspecified atom stereocenters. The Balaban J connectivity index is 2.09. The van der Waals surface area contributed by atoms with Gasteiger partial charge in [-0.05, 0) is 24.4 Å². The van der Waals surface area contributed by atoms with E-state index in [2.05, 4.69) is 0 Å². The number of para-hydroxylation sites is 1. The van der Waals surface area contributed by atoms with Crippen LogP contribution in [0.3, 0.4) is 0 Å². The third kappa shape index (κ3) is 2.98. The molecule has 0 amide bonds. The molecule has 2 aromatic rings. The molecule has 0 aliphatic heterocycles. The van der Waals surface area contributed by atoms with Crippen LogP contribution in [0, 0.1) is 0 Å². The Bertz CT molecular complexity index is 520. The Morgan fingerprint density at radius 1 is 0.882 bits per heavy atom. The van der Waals surface area contributed by atoms with Crippen LogP contribution in [0.4, 0.5) is 0 Å². The topological polar surface area (TPSA) is 26.3 Å². The number of ketones is 1. The van der Waals surface area contributed by atoms with Crippen molar-refractivity contribution in [3.05, 3.63) is 66.2 Å². The van der Waals surface area contributed by atoms with Gasteiger partial charge in [-0.3, -0.25) is 4.79 Å². The van der Waals surface area contributed by atoms with Gasteiger partial charge in [-0.15, -0.1) is 0 Å². The lowest BCUT2D eigenvalue weighted by Gasteiger charge is -2.05. The van der Waals surface area contributed by atoms with Gasteiger partial charge in [-0.1, -0.05) is 48.5 Å². The molecule has 0 bridgehead atoms. The Hall–Kier alpha value is -2.00. The molecule has 0 aliphatic carbocycles. The molecule has 0 fully saturated rings. The van der Waals surface area contributed by atoms with Crippen LogP contribution in [0.5, 0.6) is 5.75 Å². The molecule has 0 N–H and O–H groups in total. The third-order valence-electron chi connectivity index (χ3n) is 2.18. The summed E-state index contributed by atoms with van der Waals surface area (Å²) in [5, 5.41) is -0.0394. The molecule has 0 aliphatic rings. The zero-order valence-electron chi connectivity index (χ0n) is 9.00. The molecule has 0 radical (unpaired) electrons. The molecule has 2 nitrogen and oxygen atoms in total. The van der Waals surface area contributed by atoms with Crippen LogP contribution >= 0.6 is 12.2 Å². The lowest BCUT2D eigenvalue weighted by atomic mass is 10.1. The highest BCUT2D eigenvalue weighted by Gasteiger charge is 2.13. The Morgan fingerprint density at radius 2 is 1.41 bits per heavy atom. The fourth-order valence-corrected chi connectivity index (χ4v) is 1.56. The second-order valence-corrected chi connectivity index (χ2v) is 3.77. The number of hydrogen-bond acceptors (Lipinski definition) is 3. The van der Waals surface area contributed by atoms with Crippen molar-refractivity contribution in [2.75, 3.05) is 0 Å². The van der Waals surface area contributed by atoms with Crippen LogP contribution in [0.2, 0.25) is 0 Å². The molecule has 0 saturated heterocycles.